The zero-order valence-corrected chi connectivity index (χ0v) is 13.1. The number of alkyl halides is 2. The first-order valence-corrected chi connectivity index (χ1v) is 7.06. The number of methoxy groups -OCH3 is 1. The zero-order chi connectivity index (χ0) is 17.9. The molecule has 1 N–H and O–H groups in total. The normalized spacial score (nSPS) is 10.5. The minimum absolute atomic E-state index is 0.138. The van der Waals surface area contributed by atoms with Gasteiger partial charge in [0.15, 0.2) is 11.5 Å². The van der Waals surface area contributed by atoms with Crippen LogP contribution in [0.1, 0.15) is 15.4 Å². The van der Waals surface area contributed by atoms with Gasteiger partial charge in [0.05, 0.1) is 18.1 Å². The number of carbonyl (C=O) groups excluding carboxylic acids is 1. The highest BCUT2D eigenvalue weighted by atomic mass is 32.1. The van der Waals surface area contributed by atoms with Gasteiger partial charge in [-0.3, -0.25) is 20.2 Å². The summed E-state index contributed by atoms with van der Waals surface area (Å²) < 4.78 is 33.8. The van der Waals surface area contributed by atoms with Crippen molar-refractivity contribution in [1.29, 1.82) is 0 Å². The van der Waals surface area contributed by atoms with E-state index in [4.69, 9.17) is 4.74 Å². The van der Waals surface area contributed by atoms with Gasteiger partial charge >= 0.3 is 6.61 Å². The van der Waals surface area contributed by atoms with Gasteiger partial charge in [-0.15, -0.1) is 10.2 Å². The number of ether oxygens (including phenoxy) is 2. The Kier molecular flexibility index (Phi) is 5.18. The number of hydrogen-bond donors (Lipinski definition) is 1. The molecule has 1 aromatic carbocycles. The molecule has 0 fully saturated rings. The maximum atomic E-state index is 12.4. The van der Waals surface area contributed by atoms with Crippen LogP contribution in [0.25, 0.3) is 0 Å². The molecule has 0 atom stereocenters. The molecule has 1 heterocycles. The molecule has 0 bridgehead atoms. The molecule has 2 rings (SSSR count). The van der Waals surface area contributed by atoms with Crippen LogP contribution in [0.3, 0.4) is 0 Å². The number of rotatable bonds is 6. The third-order valence-corrected chi connectivity index (χ3v) is 3.44. The molecule has 0 aliphatic heterocycles. The highest BCUT2D eigenvalue weighted by molar-refractivity contribution is 7.15. The number of halogens is 2. The fraction of sp³-hybridized carbons (Fsp3) is 0.250. The lowest BCUT2D eigenvalue weighted by Crippen LogP contribution is -2.15. The lowest BCUT2D eigenvalue weighted by Gasteiger charge is -2.11. The van der Waals surface area contributed by atoms with Crippen LogP contribution >= 0.6 is 11.3 Å². The van der Waals surface area contributed by atoms with E-state index < -0.39 is 34.4 Å². The summed E-state index contributed by atoms with van der Waals surface area (Å²) in [6.45, 7) is -1.54. The number of nitrogens with one attached hydrogen (secondary N) is 1. The van der Waals surface area contributed by atoms with E-state index in [-0.39, 0.29) is 10.9 Å². The third kappa shape index (κ3) is 3.90. The lowest BCUT2D eigenvalue weighted by molar-refractivity contribution is -0.385. The molecule has 0 aliphatic carbocycles. The molecule has 128 valence electrons. The van der Waals surface area contributed by atoms with E-state index in [0.717, 1.165) is 24.5 Å². The Labute approximate surface area is 137 Å². The molecule has 0 aliphatic rings. The smallest absolute Gasteiger partial charge is 0.387 e. The molecule has 0 spiro atoms. The number of aryl methyl sites for hydroxylation is 1. The summed E-state index contributed by atoms with van der Waals surface area (Å²) >= 11 is 1.07. The number of aromatic nitrogens is 2. The standard InChI is InChI=1S/C12H10F2N4O5S/c1-5-16-17-12(24-5)15-10(19)6-3-8(22-2)9(23-11(13)14)4-7(6)18(20)21/h3-4,11H,1-2H3,(H,15,17,19). The van der Waals surface area contributed by atoms with Crippen LogP contribution in [-0.4, -0.2) is 34.7 Å². The number of hydrogen-bond acceptors (Lipinski definition) is 8. The highest BCUT2D eigenvalue weighted by Crippen LogP contribution is 2.36. The second kappa shape index (κ2) is 7.12. The van der Waals surface area contributed by atoms with Crippen molar-refractivity contribution in [3.05, 3.63) is 32.8 Å². The van der Waals surface area contributed by atoms with Gasteiger partial charge in [0.2, 0.25) is 5.13 Å². The number of nitro benzene ring substituents is 1. The summed E-state index contributed by atoms with van der Waals surface area (Å²) in [6.07, 6.45) is 0. The first-order valence-electron chi connectivity index (χ1n) is 6.24. The third-order valence-electron chi connectivity index (χ3n) is 2.69. The van der Waals surface area contributed by atoms with E-state index >= 15 is 0 Å². The predicted molar refractivity (Wildman–Crippen MR) is 78.9 cm³/mol. The zero-order valence-electron chi connectivity index (χ0n) is 12.3. The van der Waals surface area contributed by atoms with Crippen LogP contribution in [0.5, 0.6) is 11.5 Å². The van der Waals surface area contributed by atoms with E-state index in [2.05, 4.69) is 20.3 Å². The summed E-state index contributed by atoms with van der Waals surface area (Å²) in [7, 11) is 1.15. The number of benzene rings is 1. The fourth-order valence-electron chi connectivity index (χ4n) is 1.74. The van der Waals surface area contributed by atoms with Crippen molar-refractivity contribution < 1.29 is 28.0 Å². The largest absolute Gasteiger partial charge is 0.493 e. The average molecular weight is 360 g/mol. The number of anilines is 1. The molecule has 0 saturated carbocycles. The van der Waals surface area contributed by atoms with Crippen molar-refractivity contribution >= 4 is 28.1 Å². The van der Waals surface area contributed by atoms with Gasteiger partial charge in [0.25, 0.3) is 11.6 Å². The minimum atomic E-state index is -3.21. The average Bonchev–Trinajstić information content (AvgIpc) is 2.91. The molecule has 0 unspecified atom stereocenters. The van der Waals surface area contributed by atoms with Gasteiger partial charge in [-0.2, -0.15) is 8.78 Å². The summed E-state index contributed by atoms with van der Waals surface area (Å²) in [5, 5.41) is 21.6. The lowest BCUT2D eigenvalue weighted by atomic mass is 10.1. The Morgan fingerprint density at radius 2 is 2.08 bits per heavy atom. The van der Waals surface area contributed by atoms with Gasteiger partial charge < -0.3 is 9.47 Å². The molecular weight excluding hydrogens is 350 g/mol. The van der Waals surface area contributed by atoms with Crippen molar-refractivity contribution in [2.24, 2.45) is 0 Å². The van der Waals surface area contributed by atoms with Crippen LogP contribution in [0.15, 0.2) is 12.1 Å². The molecule has 1 aromatic heterocycles. The van der Waals surface area contributed by atoms with Crippen LogP contribution in [-0.2, 0) is 0 Å². The topological polar surface area (TPSA) is 116 Å². The highest BCUT2D eigenvalue weighted by Gasteiger charge is 2.26. The number of nitro groups is 1. The minimum Gasteiger partial charge on any atom is -0.493 e. The maximum Gasteiger partial charge on any atom is 0.387 e. The second-order valence-electron chi connectivity index (χ2n) is 4.24. The van der Waals surface area contributed by atoms with E-state index in [9.17, 15) is 23.7 Å². The molecule has 9 nitrogen and oxygen atoms in total. The van der Waals surface area contributed by atoms with Gasteiger partial charge in [-0.05, 0) is 6.92 Å². The summed E-state index contributed by atoms with van der Waals surface area (Å²) in [6, 6.07) is 1.64. The van der Waals surface area contributed by atoms with Gasteiger partial charge in [0, 0.05) is 6.07 Å². The van der Waals surface area contributed by atoms with E-state index in [1.54, 1.807) is 6.92 Å². The molecular formula is C12H10F2N4O5S. The maximum absolute atomic E-state index is 12.4. The van der Waals surface area contributed by atoms with Gasteiger partial charge in [0.1, 0.15) is 10.6 Å². The number of amides is 1. The van der Waals surface area contributed by atoms with E-state index in [1.807, 2.05) is 0 Å². The van der Waals surface area contributed by atoms with Gasteiger partial charge in [-0.1, -0.05) is 11.3 Å². The second-order valence-corrected chi connectivity index (χ2v) is 5.42. The number of nitrogens with zero attached hydrogens (tertiary/aromatic N) is 3. The Morgan fingerprint density at radius 3 is 2.58 bits per heavy atom. The van der Waals surface area contributed by atoms with Gasteiger partial charge in [-0.25, -0.2) is 0 Å². The molecule has 1 amide bonds. The van der Waals surface area contributed by atoms with Crippen molar-refractivity contribution in [2.45, 2.75) is 13.5 Å². The first-order chi connectivity index (χ1) is 11.3. The molecule has 0 radical (unpaired) electrons. The predicted octanol–water partition coefficient (Wildman–Crippen LogP) is 2.62. The van der Waals surface area contributed by atoms with Crippen molar-refractivity contribution in [3.63, 3.8) is 0 Å². The van der Waals surface area contributed by atoms with Crippen LogP contribution in [0.2, 0.25) is 0 Å². The van der Waals surface area contributed by atoms with Crippen LogP contribution in [0, 0.1) is 17.0 Å². The quantitative estimate of drug-likeness (QED) is 0.621. The Morgan fingerprint density at radius 1 is 1.38 bits per heavy atom. The fourth-order valence-corrected chi connectivity index (χ4v) is 2.33. The summed E-state index contributed by atoms with van der Waals surface area (Å²) in [5.74, 6) is -1.67. The Bertz CT molecular complexity index is 783. The molecule has 12 heteroatoms. The van der Waals surface area contributed by atoms with E-state index in [1.165, 1.54) is 0 Å². The SMILES string of the molecule is COc1cc(C(=O)Nc2nnc(C)s2)c([N+](=O)[O-])cc1OC(F)F. The molecule has 24 heavy (non-hydrogen) atoms. The van der Waals surface area contributed by atoms with Crippen LogP contribution < -0.4 is 14.8 Å². The molecule has 0 saturated heterocycles. The van der Waals surface area contributed by atoms with Crippen molar-refractivity contribution in [1.82, 2.24) is 10.2 Å². The van der Waals surface area contributed by atoms with E-state index in [0.29, 0.717) is 11.1 Å². The van der Waals surface area contributed by atoms with Crippen molar-refractivity contribution in [2.75, 3.05) is 12.4 Å². The van der Waals surface area contributed by atoms with Crippen molar-refractivity contribution in [3.8, 4) is 11.5 Å². The Hall–Kier alpha value is -2.89. The first kappa shape index (κ1) is 17.5. The Balaban J connectivity index is 2.43. The van der Waals surface area contributed by atoms with Crippen LogP contribution in [0.4, 0.5) is 19.6 Å². The summed E-state index contributed by atoms with van der Waals surface area (Å²) in [4.78, 5) is 22.5. The number of carbonyl (C=O) groups is 1. The molecule has 2 aromatic rings. The monoisotopic (exact) mass is 360 g/mol. The summed E-state index contributed by atoms with van der Waals surface area (Å²) in [5.41, 5.74) is -1.11.